The predicted molar refractivity (Wildman–Crippen MR) is 85.7 cm³/mol. The summed E-state index contributed by atoms with van der Waals surface area (Å²) in [4.78, 5) is 18.2. The van der Waals surface area contributed by atoms with Gasteiger partial charge in [0, 0.05) is 18.8 Å². The molecule has 21 heavy (non-hydrogen) atoms. The van der Waals surface area contributed by atoms with Gasteiger partial charge in [-0.3, -0.25) is 9.69 Å². The Kier molecular flexibility index (Phi) is 5.81. The van der Waals surface area contributed by atoms with Crippen LogP contribution in [0.3, 0.4) is 0 Å². The maximum atomic E-state index is 12.1. The van der Waals surface area contributed by atoms with Gasteiger partial charge in [0.05, 0.1) is 16.6 Å². The molecule has 2 rings (SSSR count). The minimum atomic E-state index is -0.128. The lowest BCUT2D eigenvalue weighted by molar-refractivity contribution is -0.117. The number of anilines is 1. The second-order valence-electron chi connectivity index (χ2n) is 5.53. The van der Waals surface area contributed by atoms with Crippen LogP contribution in [0.15, 0.2) is 12.3 Å². The number of aromatic nitrogens is 1. The highest BCUT2D eigenvalue weighted by Crippen LogP contribution is 2.23. The van der Waals surface area contributed by atoms with Crippen molar-refractivity contribution in [2.24, 2.45) is 11.7 Å². The smallest absolute Gasteiger partial charge is 0.239 e. The molecule has 7 heteroatoms. The Hall–Kier alpha value is -0.880. The Morgan fingerprint density at radius 2 is 2.38 bits per heavy atom. The molecule has 1 amide bonds. The van der Waals surface area contributed by atoms with Crippen molar-refractivity contribution in [3.05, 3.63) is 22.3 Å². The van der Waals surface area contributed by atoms with Gasteiger partial charge in [-0.15, -0.1) is 0 Å². The lowest BCUT2D eigenvalue weighted by atomic mass is 9.92. The summed E-state index contributed by atoms with van der Waals surface area (Å²) in [6, 6.07) is 1.71. The standard InChI is InChI=1S/C14H20Cl2N4O/c1-9(17)10-3-2-4-20(7-10)8-13(21)19-14-12(16)5-11(15)6-18-14/h5-6,9-10H,2-4,7-8,17H2,1H3,(H,18,19,21). The van der Waals surface area contributed by atoms with E-state index >= 15 is 0 Å². The summed E-state index contributed by atoms with van der Waals surface area (Å²) in [7, 11) is 0. The summed E-state index contributed by atoms with van der Waals surface area (Å²) in [5.74, 6) is 0.660. The van der Waals surface area contributed by atoms with Gasteiger partial charge in [-0.1, -0.05) is 23.2 Å². The largest absolute Gasteiger partial charge is 0.328 e. The van der Waals surface area contributed by atoms with Crippen molar-refractivity contribution in [1.82, 2.24) is 9.88 Å². The van der Waals surface area contributed by atoms with Crippen LogP contribution >= 0.6 is 23.2 Å². The number of pyridine rings is 1. The summed E-state index contributed by atoms with van der Waals surface area (Å²) < 4.78 is 0. The third-order valence-electron chi connectivity index (χ3n) is 3.72. The third kappa shape index (κ3) is 4.81. The molecule has 0 saturated carbocycles. The fourth-order valence-corrected chi connectivity index (χ4v) is 2.97. The Balaban J connectivity index is 1.89. The number of likely N-dealkylation sites (tertiary alicyclic amines) is 1. The average molecular weight is 331 g/mol. The molecule has 0 aromatic carbocycles. The number of hydrogen-bond donors (Lipinski definition) is 2. The van der Waals surface area contributed by atoms with E-state index in [1.807, 2.05) is 6.92 Å². The van der Waals surface area contributed by atoms with Crippen LogP contribution in [0.5, 0.6) is 0 Å². The van der Waals surface area contributed by atoms with E-state index in [2.05, 4.69) is 15.2 Å². The molecule has 0 aliphatic carbocycles. The number of carbonyl (C=O) groups is 1. The van der Waals surface area contributed by atoms with Crippen LogP contribution in [-0.4, -0.2) is 41.5 Å². The molecule has 5 nitrogen and oxygen atoms in total. The number of nitrogens with one attached hydrogen (secondary N) is 1. The highest BCUT2D eigenvalue weighted by atomic mass is 35.5. The molecule has 0 spiro atoms. The summed E-state index contributed by atoms with van der Waals surface area (Å²) >= 11 is 11.8. The Morgan fingerprint density at radius 1 is 1.62 bits per heavy atom. The Morgan fingerprint density at radius 3 is 3.05 bits per heavy atom. The van der Waals surface area contributed by atoms with E-state index in [4.69, 9.17) is 28.9 Å². The van der Waals surface area contributed by atoms with Gasteiger partial charge in [-0.05, 0) is 38.3 Å². The van der Waals surface area contributed by atoms with E-state index < -0.39 is 0 Å². The van der Waals surface area contributed by atoms with Gasteiger partial charge in [-0.2, -0.15) is 0 Å². The third-order valence-corrected chi connectivity index (χ3v) is 4.21. The van der Waals surface area contributed by atoms with Crippen LogP contribution < -0.4 is 11.1 Å². The van der Waals surface area contributed by atoms with Crippen molar-refractivity contribution in [2.45, 2.75) is 25.8 Å². The van der Waals surface area contributed by atoms with E-state index in [1.165, 1.54) is 6.20 Å². The Bertz CT molecular complexity index is 510. The maximum absolute atomic E-state index is 12.1. The minimum Gasteiger partial charge on any atom is -0.328 e. The zero-order chi connectivity index (χ0) is 15.4. The van der Waals surface area contributed by atoms with Crippen LogP contribution in [0.2, 0.25) is 10.0 Å². The molecule has 3 N–H and O–H groups in total. The van der Waals surface area contributed by atoms with Crippen molar-refractivity contribution in [3.8, 4) is 0 Å². The highest BCUT2D eigenvalue weighted by Gasteiger charge is 2.24. The molecular weight excluding hydrogens is 311 g/mol. The predicted octanol–water partition coefficient (Wildman–Crippen LogP) is 2.39. The molecule has 1 aliphatic rings. The minimum absolute atomic E-state index is 0.128. The molecule has 2 atom stereocenters. The van der Waals surface area contributed by atoms with E-state index in [-0.39, 0.29) is 11.9 Å². The lowest BCUT2D eigenvalue weighted by Crippen LogP contribution is -2.45. The maximum Gasteiger partial charge on any atom is 0.239 e. The Labute approximate surface area is 134 Å². The summed E-state index contributed by atoms with van der Waals surface area (Å²) in [6.45, 7) is 4.11. The first-order valence-corrected chi connectivity index (χ1v) is 7.80. The van der Waals surface area contributed by atoms with Crippen molar-refractivity contribution in [3.63, 3.8) is 0 Å². The van der Waals surface area contributed by atoms with Crippen molar-refractivity contribution >= 4 is 34.9 Å². The molecule has 2 unspecified atom stereocenters. The van der Waals surface area contributed by atoms with Gasteiger partial charge in [0.25, 0.3) is 0 Å². The number of halogens is 2. The van der Waals surface area contributed by atoms with Gasteiger partial charge in [-0.25, -0.2) is 4.98 Å². The number of nitrogens with two attached hydrogens (primary N) is 1. The molecule has 1 fully saturated rings. The van der Waals surface area contributed by atoms with Crippen LogP contribution in [0, 0.1) is 5.92 Å². The highest BCUT2D eigenvalue weighted by molar-refractivity contribution is 6.36. The first-order valence-electron chi connectivity index (χ1n) is 7.04. The number of rotatable bonds is 4. The summed E-state index contributed by atoms with van der Waals surface area (Å²) in [5.41, 5.74) is 5.95. The molecular formula is C14H20Cl2N4O. The number of carbonyl (C=O) groups excluding carboxylic acids is 1. The van der Waals surface area contributed by atoms with Crippen molar-refractivity contribution < 1.29 is 4.79 Å². The molecule has 1 aromatic rings. The lowest BCUT2D eigenvalue weighted by Gasteiger charge is -2.34. The number of amides is 1. The first-order chi connectivity index (χ1) is 9.95. The number of hydrogen-bond acceptors (Lipinski definition) is 4. The van der Waals surface area contributed by atoms with Gasteiger partial charge in [0.2, 0.25) is 5.91 Å². The van der Waals surface area contributed by atoms with Gasteiger partial charge in [0.15, 0.2) is 5.82 Å². The summed E-state index contributed by atoms with van der Waals surface area (Å²) in [6.07, 6.45) is 3.65. The summed E-state index contributed by atoms with van der Waals surface area (Å²) in [5, 5.41) is 3.49. The molecule has 0 radical (unpaired) electrons. The number of piperidine rings is 1. The van der Waals surface area contributed by atoms with Crippen LogP contribution in [-0.2, 0) is 4.79 Å². The fraction of sp³-hybridized carbons (Fsp3) is 0.571. The van der Waals surface area contributed by atoms with Crippen LogP contribution in [0.25, 0.3) is 0 Å². The zero-order valence-electron chi connectivity index (χ0n) is 12.0. The SMILES string of the molecule is CC(N)C1CCCN(CC(=O)Nc2ncc(Cl)cc2Cl)C1. The second-order valence-corrected chi connectivity index (χ2v) is 6.37. The quantitative estimate of drug-likeness (QED) is 0.889. The van der Waals surface area contributed by atoms with Crippen LogP contribution in [0.4, 0.5) is 5.82 Å². The zero-order valence-corrected chi connectivity index (χ0v) is 13.5. The monoisotopic (exact) mass is 330 g/mol. The first kappa shape index (κ1) is 16.5. The van der Waals surface area contributed by atoms with Crippen molar-refractivity contribution in [1.29, 1.82) is 0 Å². The van der Waals surface area contributed by atoms with E-state index in [9.17, 15) is 4.79 Å². The van der Waals surface area contributed by atoms with Gasteiger partial charge >= 0.3 is 0 Å². The van der Waals surface area contributed by atoms with Crippen LogP contribution in [0.1, 0.15) is 19.8 Å². The molecule has 1 aromatic heterocycles. The number of nitrogens with zero attached hydrogens (tertiary/aromatic N) is 2. The topological polar surface area (TPSA) is 71.2 Å². The second kappa shape index (κ2) is 7.40. The van der Waals surface area contributed by atoms with E-state index in [0.717, 1.165) is 25.9 Å². The van der Waals surface area contributed by atoms with Crippen molar-refractivity contribution in [2.75, 3.05) is 25.0 Å². The molecule has 116 valence electrons. The van der Waals surface area contributed by atoms with E-state index in [1.54, 1.807) is 6.07 Å². The molecule has 2 heterocycles. The molecule has 0 bridgehead atoms. The normalized spacial score (nSPS) is 21.0. The molecule has 1 aliphatic heterocycles. The molecule has 1 saturated heterocycles. The van der Waals surface area contributed by atoms with Gasteiger partial charge in [0.1, 0.15) is 0 Å². The fourth-order valence-electron chi connectivity index (χ4n) is 2.55. The average Bonchev–Trinajstić information content (AvgIpc) is 2.42. The van der Waals surface area contributed by atoms with Gasteiger partial charge < -0.3 is 11.1 Å². The van der Waals surface area contributed by atoms with E-state index in [0.29, 0.717) is 28.3 Å².